The summed E-state index contributed by atoms with van der Waals surface area (Å²) < 4.78 is 28.0. The summed E-state index contributed by atoms with van der Waals surface area (Å²) in [5, 5.41) is 0. The predicted octanol–water partition coefficient (Wildman–Crippen LogP) is 1.89. The molecule has 7 heteroatoms. The van der Waals surface area contributed by atoms with Crippen molar-refractivity contribution in [3.63, 3.8) is 0 Å². The van der Waals surface area contributed by atoms with E-state index in [1.165, 1.54) is 24.3 Å². The third kappa shape index (κ3) is 5.35. The molecule has 128 valence electrons. The number of sulfone groups is 1. The van der Waals surface area contributed by atoms with Crippen LogP contribution in [0.5, 0.6) is 0 Å². The minimum atomic E-state index is -3.41. The average Bonchev–Trinajstić information content (AvgIpc) is 2.43. The zero-order valence-electron chi connectivity index (χ0n) is 14.1. The first-order chi connectivity index (χ1) is 10.5. The van der Waals surface area contributed by atoms with Crippen molar-refractivity contribution in [3.05, 3.63) is 29.8 Å². The molecular weight excluding hydrogens is 318 g/mol. The van der Waals surface area contributed by atoms with Gasteiger partial charge < -0.3 is 9.64 Å². The molecule has 0 aliphatic carbocycles. The van der Waals surface area contributed by atoms with Crippen LogP contribution in [0, 0.1) is 0 Å². The molecule has 0 bridgehead atoms. The van der Waals surface area contributed by atoms with E-state index < -0.39 is 15.8 Å². The number of benzene rings is 1. The van der Waals surface area contributed by atoms with E-state index in [1.54, 1.807) is 4.90 Å². The number of carbonyl (C=O) groups excluding carboxylic acids is 2. The van der Waals surface area contributed by atoms with Crippen molar-refractivity contribution in [3.8, 4) is 0 Å². The topological polar surface area (TPSA) is 80.8 Å². The van der Waals surface area contributed by atoms with Gasteiger partial charge in [-0.15, -0.1) is 0 Å². The van der Waals surface area contributed by atoms with Crippen LogP contribution in [0.4, 0.5) is 0 Å². The van der Waals surface area contributed by atoms with Crippen molar-refractivity contribution in [2.24, 2.45) is 0 Å². The summed E-state index contributed by atoms with van der Waals surface area (Å²) in [6.07, 6.45) is 1.06. The van der Waals surface area contributed by atoms with Gasteiger partial charge >= 0.3 is 5.97 Å². The van der Waals surface area contributed by atoms with Gasteiger partial charge in [-0.1, -0.05) is 6.07 Å². The number of hydrogen-bond acceptors (Lipinski definition) is 5. The van der Waals surface area contributed by atoms with Crippen molar-refractivity contribution in [2.45, 2.75) is 44.7 Å². The fourth-order valence-electron chi connectivity index (χ4n) is 2.31. The molecule has 1 amide bonds. The molecule has 0 heterocycles. The van der Waals surface area contributed by atoms with Gasteiger partial charge in [0.25, 0.3) is 5.91 Å². The van der Waals surface area contributed by atoms with Crippen molar-refractivity contribution in [1.82, 2.24) is 4.90 Å². The largest absolute Gasteiger partial charge is 0.452 e. The summed E-state index contributed by atoms with van der Waals surface area (Å²) in [6, 6.07) is 5.54. The van der Waals surface area contributed by atoms with Gasteiger partial charge in [0.15, 0.2) is 16.4 Å². The highest BCUT2D eigenvalue weighted by Crippen LogP contribution is 2.13. The maximum atomic E-state index is 12.1. The summed E-state index contributed by atoms with van der Waals surface area (Å²) in [5.74, 6) is -1.01. The molecule has 0 spiro atoms. The molecular formula is C16H23NO5S. The SMILES string of the molecule is CC(C)N(C(=O)COC(=O)c1cccc(S(C)(=O)=O)c1)C(C)C. The molecule has 0 aliphatic heterocycles. The highest BCUT2D eigenvalue weighted by molar-refractivity contribution is 7.90. The molecule has 23 heavy (non-hydrogen) atoms. The van der Waals surface area contributed by atoms with Gasteiger partial charge in [-0.05, 0) is 45.9 Å². The number of hydrogen-bond donors (Lipinski definition) is 0. The second-order valence-electron chi connectivity index (χ2n) is 5.86. The Morgan fingerprint density at radius 3 is 2.17 bits per heavy atom. The number of esters is 1. The van der Waals surface area contributed by atoms with Gasteiger partial charge in [-0.3, -0.25) is 4.79 Å². The number of ether oxygens (including phenoxy) is 1. The average molecular weight is 341 g/mol. The van der Waals surface area contributed by atoms with E-state index in [2.05, 4.69) is 0 Å². The normalized spacial score (nSPS) is 11.6. The van der Waals surface area contributed by atoms with Crippen LogP contribution in [-0.2, 0) is 19.4 Å². The Hall–Kier alpha value is -1.89. The minimum Gasteiger partial charge on any atom is -0.452 e. The lowest BCUT2D eigenvalue weighted by Gasteiger charge is -2.30. The van der Waals surface area contributed by atoms with E-state index in [0.717, 1.165) is 6.26 Å². The smallest absolute Gasteiger partial charge is 0.338 e. The first kappa shape index (κ1) is 19.2. The number of carbonyl (C=O) groups is 2. The Morgan fingerprint density at radius 2 is 1.70 bits per heavy atom. The molecule has 0 radical (unpaired) electrons. The first-order valence-corrected chi connectivity index (χ1v) is 9.21. The molecule has 0 aliphatic rings. The molecule has 0 saturated heterocycles. The van der Waals surface area contributed by atoms with Crippen LogP contribution in [0.1, 0.15) is 38.1 Å². The van der Waals surface area contributed by atoms with E-state index in [0.29, 0.717) is 0 Å². The Kier molecular flexibility index (Phi) is 6.32. The quantitative estimate of drug-likeness (QED) is 0.738. The van der Waals surface area contributed by atoms with Crippen molar-refractivity contribution >= 4 is 21.7 Å². The Morgan fingerprint density at radius 1 is 1.13 bits per heavy atom. The van der Waals surface area contributed by atoms with Gasteiger partial charge in [0, 0.05) is 18.3 Å². The van der Waals surface area contributed by atoms with Crippen molar-refractivity contribution in [1.29, 1.82) is 0 Å². The Balaban J connectivity index is 2.80. The summed E-state index contributed by atoms with van der Waals surface area (Å²) in [4.78, 5) is 25.8. The van der Waals surface area contributed by atoms with E-state index >= 15 is 0 Å². The van der Waals surface area contributed by atoms with Crippen molar-refractivity contribution in [2.75, 3.05) is 12.9 Å². The summed E-state index contributed by atoms with van der Waals surface area (Å²) >= 11 is 0. The van der Waals surface area contributed by atoms with Crippen LogP contribution in [-0.4, -0.2) is 50.1 Å². The highest BCUT2D eigenvalue weighted by atomic mass is 32.2. The maximum absolute atomic E-state index is 12.1. The molecule has 0 fully saturated rings. The number of amides is 1. The van der Waals surface area contributed by atoms with Gasteiger partial charge in [0.1, 0.15) is 0 Å². The second-order valence-corrected chi connectivity index (χ2v) is 7.88. The predicted molar refractivity (Wildman–Crippen MR) is 87.0 cm³/mol. The molecule has 6 nitrogen and oxygen atoms in total. The molecule has 1 aromatic carbocycles. The number of nitrogens with zero attached hydrogens (tertiary/aromatic N) is 1. The summed E-state index contributed by atoms with van der Waals surface area (Å²) in [5.41, 5.74) is 0.0985. The maximum Gasteiger partial charge on any atom is 0.338 e. The lowest BCUT2D eigenvalue weighted by atomic mass is 10.2. The Labute approximate surface area is 137 Å². The second kappa shape index (κ2) is 7.59. The molecule has 1 aromatic rings. The number of rotatable bonds is 6. The fraction of sp³-hybridized carbons (Fsp3) is 0.500. The molecule has 0 unspecified atom stereocenters. The monoisotopic (exact) mass is 341 g/mol. The van der Waals surface area contributed by atoms with E-state index in [9.17, 15) is 18.0 Å². The van der Waals surface area contributed by atoms with Gasteiger partial charge in [-0.25, -0.2) is 13.2 Å². The van der Waals surface area contributed by atoms with Crippen LogP contribution in [0.2, 0.25) is 0 Å². The zero-order chi connectivity index (χ0) is 17.8. The van der Waals surface area contributed by atoms with E-state index in [4.69, 9.17) is 4.74 Å². The lowest BCUT2D eigenvalue weighted by molar-refractivity contribution is -0.138. The lowest BCUT2D eigenvalue weighted by Crippen LogP contribution is -2.44. The van der Waals surface area contributed by atoms with Crippen LogP contribution in [0.3, 0.4) is 0 Å². The van der Waals surface area contributed by atoms with Gasteiger partial charge in [0.05, 0.1) is 10.5 Å². The highest BCUT2D eigenvalue weighted by Gasteiger charge is 2.22. The van der Waals surface area contributed by atoms with E-state index in [-0.39, 0.29) is 35.1 Å². The van der Waals surface area contributed by atoms with Crippen LogP contribution in [0.15, 0.2) is 29.2 Å². The minimum absolute atomic E-state index is 0.00485. The zero-order valence-corrected chi connectivity index (χ0v) is 14.9. The first-order valence-electron chi connectivity index (χ1n) is 7.32. The molecule has 1 rings (SSSR count). The van der Waals surface area contributed by atoms with Crippen molar-refractivity contribution < 1.29 is 22.7 Å². The van der Waals surface area contributed by atoms with Gasteiger partial charge in [0.2, 0.25) is 0 Å². The summed E-state index contributed by atoms with van der Waals surface area (Å²) in [6.45, 7) is 7.16. The summed E-state index contributed by atoms with van der Waals surface area (Å²) in [7, 11) is -3.41. The molecule has 0 aromatic heterocycles. The Bertz CT molecular complexity index is 671. The van der Waals surface area contributed by atoms with E-state index in [1.807, 2.05) is 27.7 Å². The van der Waals surface area contributed by atoms with Gasteiger partial charge in [-0.2, -0.15) is 0 Å². The molecule has 0 saturated carbocycles. The van der Waals surface area contributed by atoms with Crippen LogP contribution in [0.25, 0.3) is 0 Å². The third-order valence-electron chi connectivity index (χ3n) is 3.23. The van der Waals surface area contributed by atoms with Crippen LogP contribution < -0.4 is 0 Å². The third-order valence-corrected chi connectivity index (χ3v) is 4.34. The molecule has 0 atom stereocenters. The standard InChI is InChI=1S/C16H23NO5S/c1-11(2)17(12(3)4)15(18)10-22-16(19)13-7-6-8-14(9-13)23(5,20)21/h6-9,11-12H,10H2,1-5H3. The van der Waals surface area contributed by atoms with Crippen LogP contribution >= 0.6 is 0 Å². The fourth-order valence-corrected chi connectivity index (χ4v) is 2.98. The molecule has 0 N–H and O–H groups in total.